The second kappa shape index (κ2) is 10.5. The minimum absolute atomic E-state index is 0.0161. The first-order valence-electron chi connectivity index (χ1n) is 13.1. The highest BCUT2D eigenvalue weighted by molar-refractivity contribution is 6.23. The van der Waals surface area contributed by atoms with Crippen molar-refractivity contribution in [2.45, 2.75) is 89.0 Å². The molecule has 3 saturated heterocycles. The third-order valence-corrected chi connectivity index (χ3v) is 9.08. The summed E-state index contributed by atoms with van der Waals surface area (Å²) >= 11 is 6.84. The van der Waals surface area contributed by atoms with Gasteiger partial charge >= 0.3 is 29.8 Å². The van der Waals surface area contributed by atoms with Gasteiger partial charge in [-0.25, -0.2) is 4.79 Å². The molecule has 1 spiro atoms. The number of esters is 5. The lowest BCUT2D eigenvalue weighted by Crippen LogP contribution is -2.77. The summed E-state index contributed by atoms with van der Waals surface area (Å²) in [4.78, 5) is 76.0. The molecule has 0 N–H and O–H groups in total. The Morgan fingerprint density at radius 3 is 2.29 bits per heavy atom. The Kier molecular flexibility index (Phi) is 7.89. The van der Waals surface area contributed by atoms with Gasteiger partial charge in [-0.05, 0) is 19.9 Å². The van der Waals surface area contributed by atoms with Crippen LogP contribution in [0.5, 0.6) is 0 Å². The fraction of sp³-hybridized carbons (Fsp3) is 0.643. The lowest BCUT2D eigenvalue weighted by atomic mass is 9.52. The molecule has 0 amide bonds. The maximum atomic E-state index is 13.5. The standard InChI is InChI=1S/C28H33ClO12/c1-12-10-17(37-15(4)31)22-26(6)9-8-18(33)27(7,40-16(5)32)21(26)24(38-19(34)11-36-14(3)30)28(41-22)13(2)25(35)39-23(28)20(12)29/h8-9,13,17,20-24H,1,10-11H2,2-7H3/t13-,17+,20?,21+,22-,23-,24-,26-,27+,28+/m0/s1. The molecule has 2 bridgehead atoms. The molecule has 12 nitrogen and oxygen atoms in total. The van der Waals surface area contributed by atoms with E-state index in [1.165, 1.54) is 32.9 Å². The van der Waals surface area contributed by atoms with Crippen molar-refractivity contribution in [3.05, 3.63) is 24.3 Å². The third-order valence-electron chi connectivity index (χ3n) is 8.54. The number of rotatable bonds is 5. The zero-order valence-corrected chi connectivity index (χ0v) is 24.4. The molecule has 3 heterocycles. The molecular weight excluding hydrogens is 564 g/mol. The summed E-state index contributed by atoms with van der Waals surface area (Å²) in [6, 6.07) is 0. The number of carbonyl (C=O) groups is 6. The quantitative estimate of drug-likeness (QED) is 0.196. The zero-order chi connectivity index (χ0) is 30.7. The van der Waals surface area contributed by atoms with E-state index in [2.05, 4.69) is 6.58 Å². The molecule has 10 atom stereocenters. The third kappa shape index (κ3) is 4.84. The predicted molar refractivity (Wildman–Crippen MR) is 138 cm³/mol. The molecule has 41 heavy (non-hydrogen) atoms. The first kappa shape index (κ1) is 30.7. The number of carbonyl (C=O) groups excluding carboxylic acids is 6. The van der Waals surface area contributed by atoms with Gasteiger partial charge in [-0.2, -0.15) is 0 Å². The number of ether oxygens (including phenoxy) is 6. The van der Waals surface area contributed by atoms with Crippen molar-refractivity contribution in [3.63, 3.8) is 0 Å². The van der Waals surface area contributed by atoms with Crippen molar-refractivity contribution >= 4 is 47.2 Å². The van der Waals surface area contributed by atoms with Gasteiger partial charge in [0.15, 0.2) is 29.7 Å². The van der Waals surface area contributed by atoms with Crippen LogP contribution in [-0.2, 0) is 57.2 Å². The molecule has 1 unspecified atom stereocenters. The molecule has 224 valence electrons. The summed E-state index contributed by atoms with van der Waals surface area (Å²) in [5, 5.41) is -1.10. The summed E-state index contributed by atoms with van der Waals surface area (Å²) in [5.41, 5.74) is -4.77. The lowest BCUT2D eigenvalue weighted by molar-refractivity contribution is -0.320. The van der Waals surface area contributed by atoms with Crippen LogP contribution < -0.4 is 0 Å². The summed E-state index contributed by atoms with van der Waals surface area (Å²) in [5.74, 6) is -6.90. The number of hydrogen-bond donors (Lipinski definition) is 0. The highest BCUT2D eigenvalue weighted by Gasteiger charge is 2.77. The zero-order valence-electron chi connectivity index (χ0n) is 23.6. The fourth-order valence-electron chi connectivity index (χ4n) is 6.84. The average molecular weight is 597 g/mol. The maximum absolute atomic E-state index is 13.5. The topological polar surface area (TPSA) is 158 Å². The largest absolute Gasteiger partial charge is 0.459 e. The molecule has 0 aromatic carbocycles. The van der Waals surface area contributed by atoms with Crippen LogP contribution in [0.15, 0.2) is 24.3 Å². The smallest absolute Gasteiger partial charge is 0.344 e. The van der Waals surface area contributed by atoms with E-state index in [1.807, 2.05) is 0 Å². The van der Waals surface area contributed by atoms with Crippen LogP contribution in [0.4, 0.5) is 0 Å². The number of fused-ring (bicyclic) bond motifs is 3. The van der Waals surface area contributed by atoms with Crippen molar-refractivity contribution in [1.29, 1.82) is 0 Å². The van der Waals surface area contributed by atoms with Gasteiger partial charge in [0, 0.05) is 32.6 Å². The van der Waals surface area contributed by atoms with Crippen molar-refractivity contribution < 1.29 is 57.2 Å². The Labute approximate surface area is 241 Å². The molecule has 0 aromatic rings. The molecular formula is C28H33ClO12. The summed E-state index contributed by atoms with van der Waals surface area (Å²) < 4.78 is 34.7. The molecule has 3 fully saturated rings. The van der Waals surface area contributed by atoms with E-state index >= 15 is 0 Å². The second-order valence-electron chi connectivity index (χ2n) is 11.3. The average Bonchev–Trinajstić information content (AvgIpc) is 3.10. The van der Waals surface area contributed by atoms with Crippen LogP contribution in [0, 0.1) is 17.3 Å². The van der Waals surface area contributed by atoms with Crippen molar-refractivity contribution in [2.24, 2.45) is 17.3 Å². The second-order valence-corrected chi connectivity index (χ2v) is 11.8. The molecule has 1 aliphatic carbocycles. The van der Waals surface area contributed by atoms with Crippen LogP contribution in [0.2, 0.25) is 0 Å². The SMILES string of the molecule is C=C1C[C@@H](OC(C)=O)[C@@H]2O[C@@]3([C@@H](C)C(=O)O[C@H]3C1Cl)[C@@H](OC(=O)COC(C)=O)[C@@H]1[C@]2(C)C=CC(=O)[C@@]1(C)OC(C)=O. The Morgan fingerprint density at radius 1 is 1.05 bits per heavy atom. The molecule has 3 aliphatic heterocycles. The predicted octanol–water partition coefficient (Wildman–Crippen LogP) is 1.74. The minimum Gasteiger partial charge on any atom is -0.459 e. The number of halogens is 1. The van der Waals surface area contributed by atoms with E-state index in [4.69, 9.17) is 40.0 Å². The molecule has 13 heteroatoms. The van der Waals surface area contributed by atoms with Crippen LogP contribution in [0.3, 0.4) is 0 Å². The van der Waals surface area contributed by atoms with Gasteiger partial charge in [0.25, 0.3) is 0 Å². The number of ketones is 1. The van der Waals surface area contributed by atoms with Crippen LogP contribution in [-0.4, -0.2) is 83.2 Å². The van der Waals surface area contributed by atoms with E-state index in [0.717, 1.165) is 13.8 Å². The lowest BCUT2D eigenvalue weighted by Gasteiger charge is -2.63. The highest BCUT2D eigenvalue weighted by Crippen LogP contribution is 2.62. The molecule has 0 radical (unpaired) electrons. The first-order valence-corrected chi connectivity index (χ1v) is 13.6. The van der Waals surface area contributed by atoms with Crippen LogP contribution in [0.25, 0.3) is 0 Å². The molecule has 0 saturated carbocycles. The Morgan fingerprint density at radius 2 is 1.71 bits per heavy atom. The van der Waals surface area contributed by atoms with E-state index in [-0.39, 0.29) is 6.42 Å². The van der Waals surface area contributed by atoms with Gasteiger partial charge in [-0.1, -0.05) is 25.2 Å². The first-order chi connectivity index (χ1) is 19.0. The Bertz CT molecular complexity index is 1240. The van der Waals surface area contributed by atoms with Crippen molar-refractivity contribution in [2.75, 3.05) is 6.61 Å². The van der Waals surface area contributed by atoms with Gasteiger partial charge in [0.2, 0.25) is 0 Å². The highest BCUT2D eigenvalue weighted by atomic mass is 35.5. The molecule has 4 aliphatic rings. The van der Waals surface area contributed by atoms with E-state index in [9.17, 15) is 28.8 Å². The minimum atomic E-state index is -1.95. The summed E-state index contributed by atoms with van der Waals surface area (Å²) in [6.45, 7) is 11.3. The van der Waals surface area contributed by atoms with Gasteiger partial charge in [0.05, 0.1) is 17.2 Å². The monoisotopic (exact) mass is 596 g/mol. The maximum Gasteiger partial charge on any atom is 0.344 e. The molecule has 4 rings (SSSR count). The number of hydrogen-bond acceptors (Lipinski definition) is 12. The number of alkyl halides is 1. The summed E-state index contributed by atoms with van der Waals surface area (Å²) in [6.07, 6.45) is -2.13. The summed E-state index contributed by atoms with van der Waals surface area (Å²) in [7, 11) is 0. The fourth-order valence-corrected chi connectivity index (χ4v) is 7.18. The van der Waals surface area contributed by atoms with E-state index in [1.54, 1.807) is 6.92 Å². The van der Waals surface area contributed by atoms with Crippen molar-refractivity contribution in [3.8, 4) is 0 Å². The normalized spacial score (nSPS) is 41.1. The van der Waals surface area contributed by atoms with Gasteiger partial charge in [-0.15, -0.1) is 11.6 Å². The van der Waals surface area contributed by atoms with Gasteiger partial charge in [0.1, 0.15) is 18.3 Å². The van der Waals surface area contributed by atoms with Crippen LogP contribution >= 0.6 is 11.6 Å². The molecule has 0 aromatic heterocycles. The van der Waals surface area contributed by atoms with Gasteiger partial charge < -0.3 is 28.4 Å². The van der Waals surface area contributed by atoms with E-state index < -0.39 is 100 Å². The van der Waals surface area contributed by atoms with Gasteiger partial charge in [-0.3, -0.25) is 24.0 Å². The van der Waals surface area contributed by atoms with Crippen LogP contribution in [0.1, 0.15) is 48.0 Å². The Balaban J connectivity index is 2.03. The Hall–Kier alpha value is -3.25. The van der Waals surface area contributed by atoms with E-state index in [0.29, 0.717) is 5.57 Å². The van der Waals surface area contributed by atoms with Crippen molar-refractivity contribution in [1.82, 2.24) is 0 Å².